The summed E-state index contributed by atoms with van der Waals surface area (Å²) in [6, 6.07) is 3.18. The van der Waals surface area contributed by atoms with Crippen LogP contribution < -0.4 is 15.4 Å². The Morgan fingerprint density at radius 1 is 0.980 bits per heavy atom. The van der Waals surface area contributed by atoms with Crippen molar-refractivity contribution in [1.29, 1.82) is 0 Å². The summed E-state index contributed by atoms with van der Waals surface area (Å²) in [7, 11) is 1.35. The van der Waals surface area contributed by atoms with Gasteiger partial charge in [-0.3, -0.25) is 9.59 Å². The van der Waals surface area contributed by atoms with Gasteiger partial charge in [0.25, 0.3) is 12.3 Å². The molecule has 1 unspecified atom stereocenters. The average Bonchev–Trinajstić information content (AvgIpc) is 3.30. The highest BCUT2D eigenvalue weighted by Crippen LogP contribution is 2.38. The molecule has 0 bridgehead atoms. The van der Waals surface area contributed by atoms with Gasteiger partial charge in [0.2, 0.25) is 11.8 Å². The van der Waals surface area contributed by atoms with Gasteiger partial charge in [-0.25, -0.2) is 13.8 Å². The van der Waals surface area contributed by atoms with Crippen LogP contribution in [0.1, 0.15) is 65.5 Å². The number of carbonyl (C=O) groups is 2. The van der Waals surface area contributed by atoms with Crippen molar-refractivity contribution in [2.24, 2.45) is 18.9 Å². The lowest BCUT2D eigenvalue weighted by Crippen LogP contribution is -2.40. The highest BCUT2D eigenvalue weighted by atomic mass is 19.4. The van der Waals surface area contributed by atoms with Gasteiger partial charge in [0, 0.05) is 26.1 Å². The molecule has 1 fully saturated rings. The summed E-state index contributed by atoms with van der Waals surface area (Å²) in [6.45, 7) is -1.06. The van der Waals surface area contributed by atoms with Gasteiger partial charge in [-0.2, -0.15) is 44.5 Å². The molecule has 1 aliphatic carbocycles. The molecule has 1 aromatic carbocycles. The van der Waals surface area contributed by atoms with Crippen LogP contribution in [0.4, 0.5) is 48.3 Å². The van der Waals surface area contributed by atoms with Crippen LogP contribution in [0.25, 0.3) is 11.2 Å². The number of rotatable bonds is 10. The summed E-state index contributed by atoms with van der Waals surface area (Å²) in [5.74, 6) is -6.77. The monoisotopic (exact) mass is 717 g/mol. The molecule has 0 radical (unpaired) electrons. The lowest BCUT2D eigenvalue weighted by atomic mass is 9.85. The summed E-state index contributed by atoms with van der Waals surface area (Å²) in [5, 5.41) is 4.60. The van der Waals surface area contributed by atoms with Gasteiger partial charge in [-0.1, -0.05) is 12.1 Å². The highest BCUT2D eigenvalue weighted by Gasteiger charge is 2.42. The van der Waals surface area contributed by atoms with Crippen LogP contribution in [0.3, 0.4) is 0 Å². The fraction of sp³-hybridized carbons (Fsp3) is 0.533. The van der Waals surface area contributed by atoms with E-state index in [2.05, 4.69) is 15.3 Å². The zero-order chi connectivity index (χ0) is 36.5. The number of hydrogen-bond acceptors (Lipinski definition) is 5. The summed E-state index contributed by atoms with van der Waals surface area (Å²) in [6.07, 6.45) is -18.1. The van der Waals surface area contributed by atoms with E-state index in [-0.39, 0.29) is 59.4 Å². The zero-order valence-electron chi connectivity index (χ0n) is 25.8. The number of benzene rings is 1. The molecule has 0 aliphatic heterocycles. The molecule has 0 spiro atoms. The lowest BCUT2D eigenvalue weighted by Gasteiger charge is -2.30. The van der Waals surface area contributed by atoms with Crippen molar-refractivity contribution in [2.75, 3.05) is 6.61 Å². The Hall–Kier alpha value is -4.19. The smallest absolute Gasteiger partial charge is 0.416 e. The average molecular weight is 718 g/mol. The highest BCUT2D eigenvalue weighted by molar-refractivity contribution is 5.99. The number of fused-ring (bicyclic) bond motifs is 1. The number of nitrogens with zero attached hydrogens (tertiary/aromatic N) is 3. The van der Waals surface area contributed by atoms with Crippen molar-refractivity contribution in [3.63, 3.8) is 0 Å². The number of pyridine rings is 1. The summed E-state index contributed by atoms with van der Waals surface area (Å²) >= 11 is 0. The molecule has 2 heterocycles. The quantitative estimate of drug-likeness (QED) is 0.223. The van der Waals surface area contributed by atoms with E-state index >= 15 is 0 Å². The Labute approximate surface area is 271 Å². The SMILES string of the molecule is CC(C(=O)NCc1ccc(C(F)(F)F)c(Cc2nc3cc(C(=O)NC4CCC(C(F)(F)F)CC4)c(OCC(F)F)nc3n2C)c1)C(F)(F)F. The van der Waals surface area contributed by atoms with Gasteiger partial charge in [-0.15, -0.1) is 0 Å². The van der Waals surface area contributed by atoms with Gasteiger partial charge in [0.05, 0.1) is 11.5 Å². The Bertz CT molecular complexity index is 1660. The number of aryl methyl sites for hydroxylation is 1. The molecule has 8 nitrogen and oxygen atoms in total. The van der Waals surface area contributed by atoms with E-state index in [4.69, 9.17) is 4.74 Å². The number of carbonyl (C=O) groups excluding carboxylic acids is 2. The van der Waals surface area contributed by atoms with Crippen LogP contribution in [-0.4, -0.2) is 57.8 Å². The number of alkyl halides is 11. The van der Waals surface area contributed by atoms with Crippen molar-refractivity contribution in [2.45, 2.75) is 76.6 Å². The van der Waals surface area contributed by atoms with Crippen LogP contribution in [0.15, 0.2) is 24.3 Å². The first-order valence-corrected chi connectivity index (χ1v) is 14.8. The van der Waals surface area contributed by atoms with E-state index in [1.54, 1.807) is 0 Å². The number of amides is 2. The number of aromatic nitrogens is 3. The minimum atomic E-state index is -4.87. The lowest BCUT2D eigenvalue weighted by molar-refractivity contribution is -0.182. The predicted molar refractivity (Wildman–Crippen MR) is 151 cm³/mol. The number of nitrogens with one attached hydrogen (secondary N) is 2. The van der Waals surface area contributed by atoms with Crippen LogP contribution in [-0.2, 0) is 31.0 Å². The molecular formula is C30H30F11N5O3. The Balaban J connectivity index is 1.63. The third-order valence-corrected chi connectivity index (χ3v) is 8.19. The molecule has 1 aliphatic rings. The summed E-state index contributed by atoms with van der Waals surface area (Å²) < 4.78 is 152. The first kappa shape index (κ1) is 37.6. The molecule has 2 N–H and O–H groups in total. The molecule has 2 amide bonds. The topological polar surface area (TPSA) is 98.1 Å². The molecule has 19 heteroatoms. The van der Waals surface area contributed by atoms with E-state index in [0.717, 1.165) is 18.2 Å². The molecule has 49 heavy (non-hydrogen) atoms. The van der Waals surface area contributed by atoms with Crippen LogP contribution in [0.2, 0.25) is 0 Å². The molecule has 4 rings (SSSR count). The molecule has 1 saturated carbocycles. The first-order valence-electron chi connectivity index (χ1n) is 14.8. The largest absolute Gasteiger partial charge is 0.471 e. The molecule has 0 saturated heterocycles. The number of hydrogen-bond donors (Lipinski definition) is 2. The molecule has 3 aromatic rings. The second-order valence-electron chi connectivity index (χ2n) is 11.7. The van der Waals surface area contributed by atoms with E-state index in [0.29, 0.717) is 13.0 Å². The van der Waals surface area contributed by atoms with Crippen LogP contribution in [0.5, 0.6) is 5.88 Å². The number of halogens is 11. The normalized spacial score (nSPS) is 18.1. The van der Waals surface area contributed by atoms with Crippen LogP contribution >= 0.6 is 0 Å². The fourth-order valence-corrected chi connectivity index (χ4v) is 5.38. The van der Waals surface area contributed by atoms with Crippen molar-refractivity contribution >= 4 is 23.0 Å². The predicted octanol–water partition coefficient (Wildman–Crippen LogP) is 6.89. The van der Waals surface area contributed by atoms with Crippen molar-refractivity contribution in [3.8, 4) is 5.88 Å². The zero-order valence-corrected chi connectivity index (χ0v) is 25.8. The van der Waals surface area contributed by atoms with E-state index in [9.17, 15) is 57.9 Å². The van der Waals surface area contributed by atoms with Crippen molar-refractivity contribution < 1.29 is 62.6 Å². The first-order chi connectivity index (χ1) is 22.6. The van der Waals surface area contributed by atoms with E-state index in [1.165, 1.54) is 11.6 Å². The third-order valence-electron chi connectivity index (χ3n) is 8.19. The number of ether oxygens (including phenoxy) is 1. The van der Waals surface area contributed by atoms with Crippen molar-refractivity contribution in [1.82, 2.24) is 25.2 Å². The fourth-order valence-electron chi connectivity index (χ4n) is 5.38. The standard InChI is InChI=1S/C30H30F11N5O3/c1-14(28(33,34)35)25(47)42-12-15-3-8-20(30(39,40)41)16(9-15)10-23-44-21-11-19(27(49-13-22(31)32)45-24(21)46(23)2)26(48)43-18-6-4-17(5-7-18)29(36,37)38/h3,8-9,11,14,17-18,22H,4-7,10,12-13H2,1-2H3,(H,42,47)(H,43,48). The van der Waals surface area contributed by atoms with Gasteiger partial charge in [-0.05, 0) is 55.9 Å². The van der Waals surface area contributed by atoms with Gasteiger partial charge in [0.1, 0.15) is 22.8 Å². The van der Waals surface area contributed by atoms with E-state index < -0.39 is 85.7 Å². The Morgan fingerprint density at radius 2 is 1.63 bits per heavy atom. The summed E-state index contributed by atoms with van der Waals surface area (Å²) in [4.78, 5) is 33.5. The van der Waals surface area contributed by atoms with Gasteiger partial charge in [0.15, 0.2) is 12.3 Å². The maximum Gasteiger partial charge on any atom is 0.416 e. The Kier molecular flexibility index (Phi) is 11.0. The Morgan fingerprint density at radius 3 is 2.20 bits per heavy atom. The van der Waals surface area contributed by atoms with E-state index in [1.807, 2.05) is 5.32 Å². The second-order valence-corrected chi connectivity index (χ2v) is 11.7. The summed E-state index contributed by atoms with van der Waals surface area (Å²) in [5.41, 5.74) is -1.92. The second kappa shape index (κ2) is 14.3. The van der Waals surface area contributed by atoms with Gasteiger partial charge < -0.3 is 19.9 Å². The third kappa shape index (κ3) is 9.29. The molecule has 1 atom stereocenters. The minimum Gasteiger partial charge on any atom is -0.471 e. The molecule has 270 valence electrons. The molecular weight excluding hydrogens is 687 g/mol. The maximum atomic E-state index is 13.9. The maximum absolute atomic E-state index is 13.9. The minimum absolute atomic E-state index is 0.00180. The van der Waals surface area contributed by atoms with Crippen molar-refractivity contribution in [3.05, 3.63) is 52.3 Å². The number of imidazole rings is 1. The molecule has 2 aromatic heterocycles. The van der Waals surface area contributed by atoms with Crippen LogP contribution in [0, 0.1) is 11.8 Å². The van der Waals surface area contributed by atoms with Gasteiger partial charge >= 0.3 is 18.5 Å².